The number of aliphatic hydroxyl groups is 1. The van der Waals surface area contributed by atoms with Gasteiger partial charge < -0.3 is 20.5 Å². The Balaban J connectivity index is 1.51. The lowest BCUT2D eigenvalue weighted by Crippen LogP contribution is -2.44. The van der Waals surface area contributed by atoms with E-state index in [-0.39, 0.29) is 41.9 Å². The quantitative estimate of drug-likeness (QED) is 0.630. The van der Waals surface area contributed by atoms with Gasteiger partial charge >= 0.3 is 0 Å². The Labute approximate surface area is 195 Å². The standard InChI is InChI=1S/C27H34N2O4/c1-19(30)28-17-26(32)29-18-27(21-10-6-3-7-11-21)14-12-22-23(31)16-25(33-24(22)13-15-27)20-8-4-2-5-9-20/h2-11,22-25,31H,12-18H2,1H3,(H,28,30)(H,29,32)/t22-,23+,24+,25+,27+/m1/s1. The average molecular weight is 451 g/mol. The van der Waals surface area contributed by atoms with Crippen molar-refractivity contribution in [2.75, 3.05) is 13.1 Å². The molecule has 0 unspecified atom stereocenters. The predicted octanol–water partition coefficient (Wildman–Crippen LogP) is 3.26. The van der Waals surface area contributed by atoms with Gasteiger partial charge in [-0.05, 0) is 36.8 Å². The number of hydrogen-bond acceptors (Lipinski definition) is 4. The molecule has 2 aromatic rings. The van der Waals surface area contributed by atoms with E-state index in [0.29, 0.717) is 13.0 Å². The van der Waals surface area contributed by atoms with Gasteiger partial charge in [0.25, 0.3) is 0 Å². The highest BCUT2D eigenvalue weighted by molar-refractivity contribution is 5.83. The van der Waals surface area contributed by atoms with Crippen LogP contribution in [0.1, 0.15) is 56.3 Å². The summed E-state index contributed by atoms with van der Waals surface area (Å²) in [5.41, 5.74) is 2.06. The average Bonchev–Trinajstić information content (AvgIpc) is 3.03. The molecule has 4 rings (SSSR count). The highest BCUT2D eigenvalue weighted by Crippen LogP contribution is 2.46. The van der Waals surface area contributed by atoms with Gasteiger partial charge in [-0.25, -0.2) is 0 Å². The number of benzene rings is 2. The van der Waals surface area contributed by atoms with Crippen LogP contribution in [0.2, 0.25) is 0 Å². The molecule has 1 heterocycles. The zero-order valence-electron chi connectivity index (χ0n) is 19.2. The van der Waals surface area contributed by atoms with Gasteiger partial charge in [0.1, 0.15) is 0 Å². The number of aliphatic hydroxyl groups excluding tert-OH is 1. The van der Waals surface area contributed by atoms with Crippen LogP contribution in [-0.2, 0) is 19.7 Å². The van der Waals surface area contributed by atoms with Gasteiger partial charge in [-0.15, -0.1) is 0 Å². The van der Waals surface area contributed by atoms with Crippen LogP contribution in [0.25, 0.3) is 0 Å². The van der Waals surface area contributed by atoms with Crippen molar-refractivity contribution in [2.24, 2.45) is 5.92 Å². The van der Waals surface area contributed by atoms with Crippen molar-refractivity contribution in [1.29, 1.82) is 0 Å². The molecule has 2 aliphatic rings. The van der Waals surface area contributed by atoms with Crippen LogP contribution in [0, 0.1) is 5.92 Å². The second-order valence-electron chi connectivity index (χ2n) is 9.45. The first-order valence-electron chi connectivity index (χ1n) is 11.9. The molecule has 1 aliphatic carbocycles. The first kappa shape index (κ1) is 23.5. The van der Waals surface area contributed by atoms with E-state index in [0.717, 1.165) is 31.2 Å². The molecule has 1 saturated carbocycles. The van der Waals surface area contributed by atoms with Gasteiger partial charge in [-0.3, -0.25) is 9.59 Å². The van der Waals surface area contributed by atoms with E-state index >= 15 is 0 Å². The Kier molecular flexibility index (Phi) is 7.46. The molecule has 1 aliphatic heterocycles. The maximum Gasteiger partial charge on any atom is 0.239 e. The number of carbonyl (C=O) groups excluding carboxylic acids is 2. The van der Waals surface area contributed by atoms with Crippen molar-refractivity contribution in [1.82, 2.24) is 10.6 Å². The molecule has 2 aromatic carbocycles. The van der Waals surface area contributed by atoms with E-state index in [9.17, 15) is 14.7 Å². The molecule has 2 fully saturated rings. The van der Waals surface area contributed by atoms with Crippen molar-refractivity contribution in [3.05, 3.63) is 71.8 Å². The van der Waals surface area contributed by atoms with E-state index in [2.05, 4.69) is 34.9 Å². The number of nitrogens with one attached hydrogen (secondary N) is 2. The Hall–Kier alpha value is -2.70. The molecular formula is C27H34N2O4. The number of amides is 2. The lowest BCUT2D eigenvalue weighted by atomic mass is 9.74. The van der Waals surface area contributed by atoms with Gasteiger partial charge in [0.2, 0.25) is 11.8 Å². The maximum absolute atomic E-state index is 12.4. The van der Waals surface area contributed by atoms with E-state index in [1.165, 1.54) is 12.5 Å². The zero-order chi connectivity index (χ0) is 23.3. The van der Waals surface area contributed by atoms with Crippen LogP contribution < -0.4 is 10.6 Å². The molecule has 3 N–H and O–H groups in total. The number of ether oxygens (including phenoxy) is 1. The third-order valence-electron chi connectivity index (χ3n) is 7.31. The van der Waals surface area contributed by atoms with Crippen LogP contribution in [0.4, 0.5) is 0 Å². The van der Waals surface area contributed by atoms with Gasteiger partial charge in [-0.1, -0.05) is 60.7 Å². The fourth-order valence-electron chi connectivity index (χ4n) is 5.43. The molecule has 0 aromatic heterocycles. The van der Waals surface area contributed by atoms with Gasteiger partial charge in [-0.2, -0.15) is 0 Å². The van der Waals surface area contributed by atoms with E-state index in [1.54, 1.807) is 0 Å². The Morgan fingerprint density at radius 1 is 1.00 bits per heavy atom. The molecule has 1 saturated heterocycles. The minimum Gasteiger partial charge on any atom is -0.393 e. The van der Waals surface area contributed by atoms with Crippen molar-refractivity contribution in [3.8, 4) is 0 Å². The minimum absolute atomic E-state index is 0.0142. The van der Waals surface area contributed by atoms with Gasteiger partial charge in [0.05, 0.1) is 24.9 Å². The molecule has 33 heavy (non-hydrogen) atoms. The first-order valence-corrected chi connectivity index (χ1v) is 11.9. The topological polar surface area (TPSA) is 87.7 Å². The van der Waals surface area contributed by atoms with Crippen molar-refractivity contribution < 1.29 is 19.4 Å². The summed E-state index contributed by atoms with van der Waals surface area (Å²) in [4.78, 5) is 23.5. The molecule has 0 spiro atoms. The summed E-state index contributed by atoms with van der Waals surface area (Å²) in [6.07, 6.45) is 3.46. The zero-order valence-corrected chi connectivity index (χ0v) is 19.2. The summed E-state index contributed by atoms with van der Waals surface area (Å²) in [5, 5.41) is 16.7. The smallest absolute Gasteiger partial charge is 0.239 e. The molecule has 176 valence electrons. The van der Waals surface area contributed by atoms with E-state index < -0.39 is 6.10 Å². The Morgan fingerprint density at radius 3 is 2.36 bits per heavy atom. The fraction of sp³-hybridized carbons (Fsp3) is 0.481. The summed E-state index contributed by atoms with van der Waals surface area (Å²) >= 11 is 0. The molecular weight excluding hydrogens is 416 g/mol. The van der Waals surface area contributed by atoms with E-state index in [4.69, 9.17) is 4.74 Å². The summed E-state index contributed by atoms with van der Waals surface area (Å²) in [7, 11) is 0. The summed E-state index contributed by atoms with van der Waals surface area (Å²) in [5.74, 6) is -0.325. The summed E-state index contributed by atoms with van der Waals surface area (Å²) < 4.78 is 6.55. The molecule has 6 heteroatoms. The van der Waals surface area contributed by atoms with Gasteiger partial charge in [0.15, 0.2) is 0 Å². The summed E-state index contributed by atoms with van der Waals surface area (Å²) in [6, 6.07) is 20.4. The monoisotopic (exact) mass is 450 g/mol. The number of carbonyl (C=O) groups is 2. The van der Waals surface area contributed by atoms with Crippen LogP contribution in [0.5, 0.6) is 0 Å². The normalized spacial score (nSPS) is 29.4. The highest BCUT2D eigenvalue weighted by Gasteiger charge is 2.44. The van der Waals surface area contributed by atoms with Crippen molar-refractivity contribution in [2.45, 2.75) is 62.8 Å². The molecule has 0 radical (unpaired) electrons. The molecule has 2 amide bonds. The Bertz CT molecular complexity index is 936. The maximum atomic E-state index is 12.4. The van der Waals surface area contributed by atoms with E-state index in [1.807, 2.05) is 36.4 Å². The molecule has 5 atom stereocenters. The van der Waals surface area contributed by atoms with Gasteiger partial charge in [0, 0.05) is 31.2 Å². The lowest BCUT2D eigenvalue weighted by molar-refractivity contribution is -0.139. The predicted molar refractivity (Wildman–Crippen MR) is 126 cm³/mol. The number of rotatable bonds is 6. The second kappa shape index (κ2) is 10.5. The minimum atomic E-state index is -0.408. The van der Waals surface area contributed by atoms with Crippen LogP contribution in [0.3, 0.4) is 0 Å². The highest BCUT2D eigenvalue weighted by atomic mass is 16.5. The van der Waals surface area contributed by atoms with Crippen molar-refractivity contribution >= 4 is 11.8 Å². The van der Waals surface area contributed by atoms with Crippen LogP contribution >= 0.6 is 0 Å². The number of fused-ring (bicyclic) bond motifs is 1. The summed E-state index contributed by atoms with van der Waals surface area (Å²) in [6.45, 7) is 1.87. The third-order valence-corrected chi connectivity index (χ3v) is 7.31. The molecule has 6 nitrogen and oxygen atoms in total. The van der Waals surface area contributed by atoms with Crippen LogP contribution in [0.15, 0.2) is 60.7 Å². The Morgan fingerprint density at radius 2 is 1.67 bits per heavy atom. The first-order chi connectivity index (χ1) is 16.0. The second-order valence-corrected chi connectivity index (χ2v) is 9.45. The third kappa shape index (κ3) is 5.63. The molecule has 0 bridgehead atoms. The number of hydrogen-bond donors (Lipinski definition) is 3. The lowest BCUT2D eigenvalue weighted by Gasteiger charge is -2.39. The SMILES string of the molecule is CC(=O)NCC(=O)NC[C@]1(c2ccccc2)CC[C@H]2[C@H](CC1)O[C@H](c1ccccc1)C[C@@H]2O. The van der Waals surface area contributed by atoms with Crippen molar-refractivity contribution in [3.63, 3.8) is 0 Å². The largest absolute Gasteiger partial charge is 0.393 e. The van der Waals surface area contributed by atoms with Crippen LogP contribution in [-0.4, -0.2) is 42.2 Å². The fourth-order valence-corrected chi connectivity index (χ4v) is 5.43.